The van der Waals surface area contributed by atoms with Crippen LogP contribution in [0.1, 0.15) is 43.7 Å². The van der Waals surface area contributed by atoms with E-state index in [1.54, 1.807) is 12.4 Å². The van der Waals surface area contributed by atoms with Crippen molar-refractivity contribution in [2.75, 3.05) is 18.4 Å². The van der Waals surface area contributed by atoms with Gasteiger partial charge in [-0.05, 0) is 67.6 Å². The number of likely N-dealkylation sites (tertiary alicyclic amines) is 1. The lowest BCUT2D eigenvalue weighted by Crippen LogP contribution is -2.33. The number of hydrogen-bond donors (Lipinski definition) is 2. The Hall–Kier alpha value is -2.73. The van der Waals surface area contributed by atoms with Gasteiger partial charge in [-0.25, -0.2) is 0 Å². The van der Waals surface area contributed by atoms with Gasteiger partial charge in [0.2, 0.25) is 11.8 Å². The van der Waals surface area contributed by atoms with Crippen molar-refractivity contribution in [2.45, 2.75) is 45.7 Å². The number of nitrogens with one attached hydrogen (secondary N) is 2. The molecule has 1 aromatic carbocycles. The molecule has 2 aromatic rings. The molecule has 6 nitrogen and oxygen atoms in total. The minimum Gasteiger partial charge on any atom is -0.352 e. The third kappa shape index (κ3) is 7.31. The maximum atomic E-state index is 12.1. The van der Waals surface area contributed by atoms with Crippen molar-refractivity contribution in [1.82, 2.24) is 15.2 Å². The van der Waals surface area contributed by atoms with Gasteiger partial charge >= 0.3 is 0 Å². The van der Waals surface area contributed by atoms with Gasteiger partial charge in [-0.15, -0.1) is 0 Å². The van der Waals surface area contributed by atoms with Crippen LogP contribution in [0.4, 0.5) is 5.69 Å². The van der Waals surface area contributed by atoms with E-state index in [-0.39, 0.29) is 11.8 Å². The zero-order valence-electron chi connectivity index (χ0n) is 17.1. The largest absolute Gasteiger partial charge is 0.352 e. The van der Waals surface area contributed by atoms with Gasteiger partial charge in [-0.2, -0.15) is 0 Å². The minimum atomic E-state index is -0.0504. The Balaban J connectivity index is 1.32. The first-order valence-electron chi connectivity index (χ1n) is 10.3. The lowest BCUT2D eigenvalue weighted by Gasteiger charge is -2.32. The summed E-state index contributed by atoms with van der Waals surface area (Å²) in [6, 6.07) is 11.9. The maximum absolute atomic E-state index is 12.1. The summed E-state index contributed by atoms with van der Waals surface area (Å²) in [7, 11) is 0. The van der Waals surface area contributed by atoms with Crippen molar-refractivity contribution in [3.8, 4) is 0 Å². The summed E-state index contributed by atoms with van der Waals surface area (Å²) < 4.78 is 0. The zero-order valence-corrected chi connectivity index (χ0v) is 17.1. The van der Waals surface area contributed by atoms with Crippen molar-refractivity contribution in [2.24, 2.45) is 5.92 Å². The number of carbonyl (C=O) groups excluding carboxylic acids is 2. The van der Waals surface area contributed by atoms with Crippen LogP contribution in [0.25, 0.3) is 0 Å². The Kier molecular flexibility index (Phi) is 7.76. The first kappa shape index (κ1) is 21.0. The van der Waals surface area contributed by atoms with Crippen molar-refractivity contribution >= 4 is 17.5 Å². The predicted octanol–water partition coefficient (Wildman–Crippen LogP) is 3.35. The molecule has 1 aliphatic rings. The van der Waals surface area contributed by atoms with E-state index in [0.29, 0.717) is 18.9 Å². The molecule has 2 N–H and O–H groups in total. The highest BCUT2D eigenvalue weighted by molar-refractivity contribution is 5.88. The molecule has 0 bridgehead atoms. The summed E-state index contributed by atoms with van der Waals surface area (Å²) in [5.74, 6) is 0.693. The number of amides is 2. The number of nitrogens with zero attached hydrogens (tertiary/aromatic N) is 2. The molecule has 3 rings (SSSR count). The van der Waals surface area contributed by atoms with Crippen molar-refractivity contribution < 1.29 is 9.59 Å². The molecule has 29 heavy (non-hydrogen) atoms. The van der Waals surface area contributed by atoms with Gasteiger partial charge in [0.15, 0.2) is 0 Å². The van der Waals surface area contributed by atoms with Crippen LogP contribution in [0, 0.1) is 5.92 Å². The summed E-state index contributed by atoms with van der Waals surface area (Å²) in [5.41, 5.74) is 3.12. The number of pyridine rings is 1. The lowest BCUT2D eigenvalue weighted by molar-refractivity contribution is -0.121. The van der Waals surface area contributed by atoms with E-state index in [4.69, 9.17) is 0 Å². The fraction of sp³-hybridized carbons (Fsp3) is 0.435. The molecule has 0 saturated carbocycles. The topological polar surface area (TPSA) is 74.3 Å². The van der Waals surface area contributed by atoms with Crippen molar-refractivity contribution in [3.63, 3.8) is 0 Å². The van der Waals surface area contributed by atoms with E-state index in [1.807, 2.05) is 24.3 Å². The Morgan fingerprint density at radius 3 is 2.52 bits per heavy atom. The number of hydrogen-bond acceptors (Lipinski definition) is 4. The molecule has 1 saturated heterocycles. The van der Waals surface area contributed by atoms with Gasteiger partial charge in [0, 0.05) is 44.5 Å². The average Bonchev–Trinajstić information content (AvgIpc) is 2.73. The summed E-state index contributed by atoms with van der Waals surface area (Å²) in [5, 5.41) is 5.78. The highest BCUT2D eigenvalue weighted by Gasteiger charge is 2.20. The molecule has 1 fully saturated rings. The molecule has 0 unspecified atom stereocenters. The van der Waals surface area contributed by atoms with Gasteiger partial charge in [0.1, 0.15) is 0 Å². The summed E-state index contributed by atoms with van der Waals surface area (Å²) in [6.07, 6.45) is 7.34. The average molecular weight is 395 g/mol. The van der Waals surface area contributed by atoms with Crippen LogP contribution < -0.4 is 10.6 Å². The van der Waals surface area contributed by atoms with Crippen molar-refractivity contribution in [1.29, 1.82) is 0 Å². The van der Waals surface area contributed by atoms with Gasteiger partial charge in [-0.1, -0.05) is 18.2 Å². The second kappa shape index (κ2) is 10.7. The highest BCUT2D eigenvalue weighted by atomic mass is 16.2. The molecule has 0 atom stereocenters. The second-order valence-corrected chi connectivity index (χ2v) is 7.77. The Labute approximate surface area is 172 Å². The van der Waals surface area contributed by atoms with Gasteiger partial charge < -0.3 is 10.6 Å². The molecule has 6 heteroatoms. The van der Waals surface area contributed by atoms with Crippen LogP contribution >= 0.6 is 0 Å². The van der Waals surface area contributed by atoms with Crippen LogP contribution in [0.2, 0.25) is 0 Å². The van der Waals surface area contributed by atoms with E-state index >= 15 is 0 Å². The van der Waals surface area contributed by atoms with Gasteiger partial charge in [-0.3, -0.25) is 19.5 Å². The number of anilines is 1. The summed E-state index contributed by atoms with van der Waals surface area (Å²) in [4.78, 5) is 29.7. The molecule has 2 heterocycles. The van der Waals surface area contributed by atoms with E-state index in [9.17, 15) is 9.59 Å². The third-order valence-corrected chi connectivity index (χ3v) is 5.38. The van der Waals surface area contributed by atoms with Gasteiger partial charge in [0.05, 0.1) is 0 Å². The fourth-order valence-electron chi connectivity index (χ4n) is 3.72. The maximum Gasteiger partial charge on any atom is 0.221 e. The van der Waals surface area contributed by atoms with Crippen LogP contribution in [-0.2, 0) is 22.7 Å². The molecule has 1 aromatic heterocycles. The number of rotatable bonds is 8. The number of piperidine rings is 1. The number of carbonyl (C=O) groups is 2. The monoisotopic (exact) mass is 394 g/mol. The molecule has 154 valence electrons. The van der Waals surface area contributed by atoms with Crippen LogP contribution in [0.15, 0.2) is 48.8 Å². The van der Waals surface area contributed by atoms with E-state index in [2.05, 4.69) is 32.7 Å². The first-order valence-corrected chi connectivity index (χ1v) is 10.3. The second-order valence-electron chi connectivity index (χ2n) is 7.77. The van der Waals surface area contributed by atoms with Gasteiger partial charge in [0.25, 0.3) is 0 Å². The first-order chi connectivity index (χ1) is 14.1. The molecule has 0 aliphatic carbocycles. The molecular weight excluding hydrogens is 364 g/mol. The van der Waals surface area contributed by atoms with E-state index in [1.165, 1.54) is 12.5 Å². The Morgan fingerprint density at radius 2 is 1.86 bits per heavy atom. The minimum absolute atomic E-state index is 0.0504. The molecule has 2 amide bonds. The Morgan fingerprint density at radius 1 is 1.10 bits per heavy atom. The zero-order chi connectivity index (χ0) is 20.5. The highest BCUT2D eigenvalue weighted by Crippen LogP contribution is 2.23. The van der Waals surface area contributed by atoms with Crippen molar-refractivity contribution in [3.05, 3.63) is 59.9 Å². The molecule has 0 spiro atoms. The van der Waals surface area contributed by atoms with Crippen LogP contribution in [0.3, 0.4) is 0 Å². The quantitative estimate of drug-likeness (QED) is 0.720. The fourth-order valence-corrected chi connectivity index (χ4v) is 3.72. The molecular formula is C23H30N4O2. The normalized spacial score (nSPS) is 15.1. The third-order valence-electron chi connectivity index (χ3n) is 5.38. The smallest absolute Gasteiger partial charge is 0.221 e. The Bertz CT molecular complexity index is 784. The number of aromatic nitrogens is 1. The lowest BCUT2D eigenvalue weighted by atomic mass is 9.92. The predicted molar refractivity (Wildman–Crippen MR) is 114 cm³/mol. The number of benzene rings is 1. The summed E-state index contributed by atoms with van der Waals surface area (Å²) >= 11 is 0. The standard InChI is InChI=1S/C23H30N4O2/c1-18(28)26-22-7-4-20(5-8-22)17-27-13-10-19(11-14-27)6-9-23(29)25-16-21-3-2-12-24-15-21/h2-5,7-8,12,15,19H,6,9-11,13-14,16-17H2,1H3,(H,25,29)(H,26,28). The van der Waals surface area contributed by atoms with E-state index < -0.39 is 0 Å². The molecule has 0 radical (unpaired) electrons. The van der Waals surface area contributed by atoms with Crippen LogP contribution in [0.5, 0.6) is 0 Å². The SMILES string of the molecule is CC(=O)Nc1ccc(CN2CCC(CCC(=O)NCc3cccnc3)CC2)cc1. The van der Waals surface area contributed by atoms with Crippen LogP contribution in [-0.4, -0.2) is 34.8 Å². The molecule has 1 aliphatic heterocycles. The van der Waals surface area contributed by atoms with E-state index in [0.717, 1.165) is 50.1 Å². The summed E-state index contributed by atoms with van der Waals surface area (Å²) in [6.45, 7) is 5.12.